The Balaban J connectivity index is 1.77. The van der Waals surface area contributed by atoms with Crippen LogP contribution in [0.1, 0.15) is 25.0 Å². The van der Waals surface area contributed by atoms with Crippen LogP contribution in [0.25, 0.3) is 11.1 Å². The van der Waals surface area contributed by atoms with Gasteiger partial charge in [-0.3, -0.25) is 4.79 Å². The lowest BCUT2D eigenvalue weighted by molar-refractivity contribution is -0.137. The topological polar surface area (TPSA) is 82.7 Å². The van der Waals surface area contributed by atoms with Crippen LogP contribution in [0, 0.1) is 18.3 Å². The number of nitrogen functional groups attached to an aromatic ring is 1. The molecule has 33 heavy (non-hydrogen) atoms. The molecule has 1 fully saturated rings. The minimum Gasteiger partial charge on any atom is -0.487 e. The molecule has 176 valence electrons. The summed E-state index contributed by atoms with van der Waals surface area (Å²) in [6.45, 7) is 7.97. The number of amides is 1. The summed E-state index contributed by atoms with van der Waals surface area (Å²) in [6, 6.07) is 9.62. The van der Waals surface area contributed by atoms with Crippen LogP contribution in [0.15, 0.2) is 42.5 Å². The lowest BCUT2D eigenvalue weighted by Crippen LogP contribution is -2.59. The average Bonchev–Trinajstić information content (AvgIpc) is 2.67. The van der Waals surface area contributed by atoms with Crippen molar-refractivity contribution in [3.8, 4) is 16.9 Å². The van der Waals surface area contributed by atoms with Crippen molar-refractivity contribution in [2.45, 2.75) is 26.4 Å². The average molecular weight is 469 g/mol. The van der Waals surface area contributed by atoms with E-state index in [0.717, 1.165) is 23.2 Å². The molecule has 0 aromatic heterocycles. The number of nitrogens with one attached hydrogen (secondary N) is 1. The summed E-state index contributed by atoms with van der Waals surface area (Å²) in [5.74, 6) is 0.741. The number of rotatable bonds is 8. The second kappa shape index (κ2) is 9.98. The van der Waals surface area contributed by atoms with Gasteiger partial charge in [-0.05, 0) is 69.8 Å². The third-order valence-corrected chi connectivity index (χ3v) is 6.51. The molecule has 1 saturated heterocycles. The molecular formula is C26H33ClN4O2. The van der Waals surface area contributed by atoms with E-state index < -0.39 is 5.60 Å². The van der Waals surface area contributed by atoms with Crippen molar-refractivity contribution in [3.63, 3.8) is 0 Å². The molecule has 1 aliphatic heterocycles. The Kier molecular flexibility index (Phi) is 7.50. The molecule has 0 unspecified atom stereocenters. The summed E-state index contributed by atoms with van der Waals surface area (Å²) in [4.78, 5) is 16.2. The number of likely N-dealkylation sites (tertiary alicyclic amines) is 1. The van der Waals surface area contributed by atoms with Crippen LogP contribution in [0.5, 0.6) is 5.75 Å². The van der Waals surface area contributed by atoms with Crippen molar-refractivity contribution < 1.29 is 9.53 Å². The zero-order chi connectivity index (χ0) is 24.3. The van der Waals surface area contributed by atoms with Gasteiger partial charge >= 0.3 is 0 Å². The number of ether oxygens (including phenoxy) is 1. The Morgan fingerprint density at radius 1 is 1.27 bits per heavy atom. The van der Waals surface area contributed by atoms with Crippen molar-refractivity contribution >= 4 is 29.4 Å². The first-order valence-corrected chi connectivity index (χ1v) is 11.4. The number of benzene rings is 2. The molecule has 0 bridgehead atoms. The smallest absolute Gasteiger partial charge is 0.246 e. The summed E-state index contributed by atoms with van der Waals surface area (Å²) in [7, 11) is 3.93. The maximum absolute atomic E-state index is 12.4. The van der Waals surface area contributed by atoms with E-state index >= 15 is 0 Å². The molecule has 3 N–H and O–H groups in total. The number of carbonyl (C=O) groups excluding carboxylic acids is 1. The lowest BCUT2D eigenvalue weighted by atomic mass is 9.84. The Morgan fingerprint density at radius 3 is 2.58 bits per heavy atom. The zero-order valence-electron chi connectivity index (χ0n) is 20.0. The largest absolute Gasteiger partial charge is 0.487 e. The number of likely N-dealkylation sites (N-methyl/N-ethyl adjacent to an activating group) is 1. The van der Waals surface area contributed by atoms with Crippen molar-refractivity contribution in [1.29, 1.82) is 5.41 Å². The number of hydrogen-bond acceptors (Lipinski definition) is 5. The Morgan fingerprint density at radius 2 is 1.97 bits per heavy atom. The fourth-order valence-electron chi connectivity index (χ4n) is 3.76. The quantitative estimate of drug-likeness (QED) is 0.336. The molecule has 0 saturated carbocycles. The van der Waals surface area contributed by atoms with Crippen LogP contribution in [-0.4, -0.2) is 61.3 Å². The second-order valence-corrected chi connectivity index (χ2v) is 9.80. The highest BCUT2D eigenvalue weighted by atomic mass is 35.5. The molecule has 2 aromatic rings. The van der Waals surface area contributed by atoms with Crippen LogP contribution in [0.4, 0.5) is 5.69 Å². The first kappa shape index (κ1) is 24.8. The molecule has 0 atom stereocenters. The number of carbonyl (C=O) groups is 1. The predicted molar refractivity (Wildman–Crippen MR) is 136 cm³/mol. The Bertz CT molecular complexity index is 1070. The minimum absolute atomic E-state index is 0.0200. The van der Waals surface area contributed by atoms with Gasteiger partial charge in [-0.1, -0.05) is 29.8 Å². The third-order valence-electron chi connectivity index (χ3n) is 6.10. The molecule has 0 spiro atoms. The van der Waals surface area contributed by atoms with Gasteiger partial charge in [-0.25, -0.2) is 0 Å². The molecular weight excluding hydrogens is 436 g/mol. The molecule has 0 radical (unpaired) electrons. The molecule has 3 rings (SSSR count). The van der Waals surface area contributed by atoms with Gasteiger partial charge in [0.15, 0.2) is 0 Å². The van der Waals surface area contributed by atoms with Crippen LogP contribution in [0.2, 0.25) is 5.02 Å². The van der Waals surface area contributed by atoms with Gasteiger partial charge in [0.05, 0.1) is 5.56 Å². The molecule has 1 heterocycles. The minimum atomic E-state index is -0.544. The predicted octanol–water partition coefficient (Wildman–Crippen LogP) is 4.63. The zero-order valence-corrected chi connectivity index (χ0v) is 20.7. The summed E-state index contributed by atoms with van der Waals surface area (Å²) in [6.07, 6.45) is 4.73. The number of nitrogens with zero attached hydrogens (tertiary/aromatic N) is 2. The molecule has 6 nitrogen and oxygen atoms in total. The van der Waals surface area contributed by atoms with E-state index in [0.29, 0.717) is 35.1 Å². The Hall–Kier alpha value is -2.83. The van der Waals surface area contributed by atoms with Crippen LogP contribution in [0.3, 0.4) is 0 Å². The van der Waals surface area contributed by atoms with Gasteiger partial charge in [-0.2, -0.15) is 0 Å². The fraction of sp³-hybridized carbons (Fsp3) is 0.385. The normalized spacial score (nSPS) is 14.6. The van der Waals surface area contributed by atoms with E-state index in [1.165, 1.54) is 6.21 Å². The van der Waals surface area contributed by atoms with Crippen molar-refractivity contribution in [2.24, 2.45) is 5.92 Å². The molecule has 1 aliphatic rings. The van der Waals surface area contributed by atoms with Gasteiger partial charge < -0.3 is 25.7 Å². The highest BCUT2D eigenvalue weighted by Gasteiger charge is 2.42. The molecule has 7 heteroatoms. The van der Waals surface area contributed by atoms with Gasteiger partial charge in [0.2, 0.25) is 5.91 Å². The number of aryl methyl sites for hydroxylation is 1. The number of nitrogens with two attached hydrogens (primary N) is 1. The van der Waals surface area contributed by atoms with E-state index in [1.807, 2.05) is 81.1 Å². The second-order valence-electron chi connectivity index (χ2n) is 9.40. The standard InChI is InChI=1S/C26H33ClN4O2/c1-17-8-9-18(11-22(17)27)19-12-23(29)21(14-28)24(13-19)33-26(2,3)20-15-31(16-20)25(32)7-6-10-30(4)5/h6-9,11-14,20,28H,10,15-16,29H2,1-5H3/b7-6+,28-14?. The van der Waals surface area contributed by atoms with E-state index in [9.17, 15) is 4.79 Å². The van der Waals surface area contributed by atoms with Gasteiger partial charge in [0.25, 0.3) is 0 Å². The summed E-state index contributed by atoms with van der Waals surface area (Å²) in [5, 5.41) is 8.53. The first-order valence-electron chi connectivity index (χ1n) is 11.0. The van der Waals surface area contributed by atoms with Crippen molar-refractivity contribution in [2.75, 3.05) is 39.5 Å². The molecule has 0 aliphatic carbocycles. The van der Waals surface area contributed by atoms with Crippen molar-refractivity contribution in [3.05, 3.63) is 58.6 Å². The maximum atomic E-state index is 12.4. The highest BCUT2D eigenvalue weighted by molar-refractivity contribution is 6.31. The third kappa shape index (κ3) is 5.75. The Labute approximate surface area is 201 Å². The van der Waals surface area contributed by atoms with Gasteiger partial charge in [0.1, 0.15) is 11.4 Å². The van der Waals surface area contributed by atoms with Crippen LogP contribution in [-0.2, 0) is 4.79 Å². The fourth-order valence-corrected chi connectivity index (χ4v) is 3.94. The monoisotopic (exact) mass is 468 g/mol. The number of halogens is 1. The molecule has 2 aromatic carbocycles. The number of anilines is 1. The van der Waals surface area contributed by atoms with Crippen LogP contribution < -0.4 is 10.5 Å². The lowest BCUT2D eigenvalue weighted by Gasteiger charge is -2.47. The summed E-state index contributed by atoms with van der Waals surface area (Å²) < 4.78 is 6.44. The maximum Gasteiger partial charge on any atom is 0.246 e. The van der Waals surface area contributed by atoms with E-state index in [4.69, 9.17) is 27.5 Å². The molecule has 1 amide bonds. The van der Waals surface area contributed by atoms with E-state index in [-0.39, 0.29) is 11.8 Å². The summed E-state index contributed by atoms with van der Waals surface area (Å²) >= 11 is 6.32. The van der Waals surface area contributed by atoms with Crippen molar-refractivity contribution in [1.82, 2.24) is 9.80 Å². The van der Waals surface area contributed by atoms with E-state index in [2.05, 4.69) is 0 Å². The number of hydrogen-bond donors (Lipinski definition) is 2. The highest BCUT2D eigenvalue weighted by Crippen LogP contribution is 2.37. The van der Waals surface area contributed by atoms with E-state index in [1.54, 1.807) is 6.08 Å². The van der Waals surface area contributed by atoms with Gasteiger partial charge in [0, 0.05) is 48.6 Å². The van der Waals surface area contributed by atoms with Gasteiger partial charge in [-0.15, -0.1) is 0 Å². The van der Waals surface area contributed by atoms with Crippen LogP contribution >= 0.6 is 11.6 Å². The summed E-state index contributed by atoms with van der Waals surface area (Å²) in [5.41, 5.74) is 9.57. The SMILES string of the molecule is Cc1ccc(-c2cc(N)c(C=N)c(OC(C)(C)C3CN(C(=O)/C=C/CN(C)C)C3)c2)cc1Cl. The first-order chi connectivity index (χ1) is 15.5.